The molecule has 1 aromatic heterocycles. The Morgan fingerprint density at radius 2 is 1.87 bits per heavy atom. The number of carbonyl (C=O) groups is 1. The second-order valence-corrected chi connectivity index (χ2v) is 9.76. The Balaban J connectivity index is 1.52. The highest BCUT2D eigenvalue weighted by Crippen LogP contribution is 2.29. The lowest BCUT2D eigenvalue weighted by Crippen LogP contribution is -2.42. The van der Waals surface area contributed by atoms with E-state index in [4.69, 9.17) is 4.74 Å². The third-order valence-corrected chi connectivity index (χ3v) is 7.34. The van der Waals surface area contributed by atoms with Crippen molar-refractivity contribution in [2.45, 2.75) is 62.0 Å². The Labute approximate surface area is 189 Å². The largest absolute Gasteiger partial charge is 0.378 e. The van der Waals surface area contributed by atoms with Crippen molar-refractivity contribution in [3.63, 3.8) is 0 Å². The van der Waals surface area contributed by atoms with Crippen molar-refractivity contribution in [3.8, 4) is 0 Å². The van der Waals surface area contributed by atoms with Gasteiger partial charge in [-0.15, -0.1) is 10.2 Å². The molecule has 1 aliphatic heterocycles. The molecule has 1 saturated carbocycles. The molecule has 7 nitrogen and oxygen atoms in total. The predicted octanol–water partition coefficient (Wildman–Crippen LogP) is 3.43. The van der Waals surface area contributed by atoms with Crippen molar-refractivity contribution in [1.82, 2.24) is 19.7 Å². The van der Waals surface area contributed by atoms with Crippen LogP contribution in [0.1, 0.15) is 44.6 Å². The molecule has 8 heteroatoms. The number of nitrogens with zero attached hydrogens (tertiary/aromatic N) is 5. The van der Waals surface area contributed by atoms with E-state index >= 15 is 0 Å². The first-order valence-corrected chi connectivity index (χ1v) is 12.2. The zero-order valence-corrected chi connectivity index (χ0v) is 19.4. The van der Waals surface area contributed by atoms with Gasteiger partial charge in [0.2, 0.25) is 11.9 Å². The maximum Gasteiger partial charge on any atom is 0.235 e. The molecule has 31 heavy (non-hydrogen) atoms. The number of aromatic nitrogens is 3. The fourth-order valence-electron chi connectivity index (χ4n) is 4.41. The molecule has 1 atom stereocenters. The average Bonchev–Trinajstić information content (AvgIpc) is 3.21. The second-order valence-electron chi connectivity index (χ2n) is 8.45. The number of rotatable bonds is 7. The fraction of sp³-hybridized carbons (Fsp3) is 0.609. The smallest absolute Gasteiger partial charge is 0.235 e. The summed E-state index contributed by atoms with van der Waals surface area (Å²) in [7, 11) is 1.96. The van der Waals surface area contributed by atoms with Crippen molar-refractivity contribution in [1.29, 1.82) is 0 Å². The Bertz CT molecular complexity index is 847. The molecule has 1 aromatic carbocycles. The first kappa shape index (κ1) is 22.1. The summed E-state index contributed by atoms with van der Waals surface area (Å²) in [4.78, 5) is 17.3. The number of hydrogen-bond acceptors (Lipinski definition) is 6. The minimum absolute atomic E-state index is 0.180. The van der Waals surface area contributed by atoms with Crippen molar-refractivity contribution >= 4 is 23.6 Å². The fourth-order valence-corrected chi connectivity index (χ4v) is 5.36. The summed E-state index contributed by atoms with van der Waals surface area (Å²) >= 11 is 1.51. The zero-order valence-electron chi connectivity index (χ0n) is 18.6. The maximum absolute atomic E-state index is 13.1. The van der Waals surface area contributed by atoms with Crippen LogP contribution in [0.4, 0.5) is 5.95 Å². The highest BCUT2D eigenvalue weighted by Gasteiger charge is 2.28. The van der Waals surface area contributed by atoms with Crippen LogP contribution in [0.15, 0.2) is 35.5 Å². The Morgan fingerprint density at radius 3 is 2.58 bits per heavy atom. The molecule has 2 aromatic rings. The molecule has 4 rings (SSSR count). The average molecular weight is 444 g/mol. The van der Waals surface area contributed by atoms with Crippen LogP contribution < -0.4 is 4.90 Å². The number of ether oxygens (including phenoxy) is 1. The van der Waals surface area contributed by atoms with Crippen LogP contribution in [-0.2, 0) is 16.1 Å². The van der Waals surface area contributed by atoms with Gasteiger partial charge in [-0.3, -0.25) is 9.36 Å². The first-order valence-electron chi connectivity index (χ1n) is 11.4. The van der Waals surface area contributed by atoms with Gasteiger partial charge in [-0.05, 0) is 25.3 Å². The van der Waals surface area contributed by atoms with Crippen LogP contribution in [0.5, 0.6) is 0 Å². The lowest BCUT2D eigenvalue weighted by Gasteiger charge is -2.32. The van der Waals surface area contributed by atoms with Crippen LogP contribution in [0, 0.1) is 0 Å². The zero-order chi connectivity index (χ0) is 21.6. The minimum Gasteiger partial charge on any atom is -0.378 e. The van der Waals surface area contributed by atoms with Crippen LogP contribution in [0.3, 0.4) is 0 Å². The number of carbonyl (C=O) groups excluding carboxylic acids is 1. The van der Waals surface area contributed by atoms with Gasteiger partial charge in [0.05, 0.1) is 25.0 Å². The number of anilines is 1. The van der Waals surface area contributed by atoms with Crippen LogP contribution in [-0.4, -0.2) is 70.2 Å². The monoisotopic (exact) mass is 443 g/mol. The van der Waals surface area contributed by atoms with E-state index in [-0.39, 0.29) is 11.2 Å². The van der Waals surface area contributed by atoms with Gasteiger partial charge in [0.15, 0.2) is 5.16 Å². The van der Waals surface area contributed by atoms with E-state index in [0.29, 0.717) is 25.8 Å². The van der Waals surface area contributed by atoms with Gasteiger partial charge in [-0.2, -0.15) is 0 Å². The highest BCUT2D eigenvalue weighted by atomic mass is 32.2. The third kappa shape index (κ3) is 5.41. The third-order valence-electron chi connectivity index (χ3n) is 6.27. The summed E-state index contributed by atoms with van der Waals surface area (Å²) in [5, 5.41) is 9.61. The van der Waals surface area contributed by atoms with Crippen LogP contribution >= 0.6 is 11.8 Å². The summed E-state index contributed by atoms with van der Waals surface area (Å²) in [6, 6.07) is 10.7. The van der Waals surface area contributed by atoms with Crippen LogP contribution in [0.25, 0.3) is 0 Å². The Morgan fingerprint density at radius 1 is 1.16 bits per heavy atom. The van der Waals surface area contributed by atoms with E-state index in [1.165, 1.54) is 36.6 Å². The van der Waals surface area contributed by atoms with Crippen molar-refractivity contribution < 1.29 is 9.53 Å². The van der Waals surface area contributed by atoms with E-state index in [0.717, 1.165) is 37.0 Å². The number of thioether (sulfide) groups is 1. The van der Waals surface area contributed by atoms with Gasteiger partial charge >= 0.3 is 0 Å². The maximum atomic E-state index is 13.1. The van der Waals surface area contributed by atoms with Crippen LogP contribution in [0.2, 0.25) is 0 Å². The summed E-state index contributed by atoms with van der Waals surface area (Å²) in [6.07, 6.45) is 5.96. The first-order chi connectivity index (χ1) is 15.1. The predicted molar refractivity (Wildman–Crippen MR) is 124 cm³/mol. The second kappa shape index (κ2) is 10.5. The highest BCUT2D eigenvalue weighted by molar-refractivity contribution is 8.00. The summed E-state index contributed by atoms with van der Waals surface area (Å²) in [5.41, 5.74) is 1.19. The van der Waals surface area contributed by atoms with E-state index < -0.39 is 0 Å². The van der Waals surface area contributed by atoms with Crippen molar-refractivity contribution in [3.05, 3.63) is 35.9 Å². The van der Waals surface area contributed by atoms with E-state index in [2.05, 4.69) is 31.8 Å². The molecule has 2 aliphatic rings. The van der Waals surface area contributed by atoms with E-state index in [9.17, 15) is 4.79 Å². The standard InChI is InChI=1S/C23H33N5O2S/c1-18(21(29)26(2)20-11-7-4-8-12-20)31-23-25-24-22(27-13-15-30-16-14-27)28(23)17-19-9-5-3-6-10-19/h3,5-6,9-10,18,20H,4,7-8,11-17H2,1-2H3. The number of amides is 1. The lowest BCUT2D eigenvalue weighted by molar-refractivity contribution is -0.131. The molecule has 1 unspecified atom stereocenters. The molecule has 0 bridgehead atoms. The summed E-state index contributed by atoms with van der Waals surface area (Å²) in [5.74, 6) is 1.04. The number of benzene rings is 1. The van der Waals surface area contributed by atoms with Gasteiger partial charge in [0, 0.05) is 26.2 Å². The van der Waals surface area contributed by atoms with E-state index in [1.807, 2.05) is 37.1 Å². The molecule has 2 heterocycles. The molecule has 1 saturated heterocycles. The molecule has 0 spiro atoms. The molecule has 1 amide bonds. The quantitative estimate of drug-likeness (QED) is 0.611. The molecule has 2 fully saturated rings. The lowest BCUT2D eigenvalue weighted by atomic mass is 9.94. The summed E-state index contributed by atoms with van der Waals surface area (Å²) in [6.45, 7) is 5.67. The molecular weight excluding hydrogens is 410 g/mol. The molecule has 168 valence electrons. The molecular formula is C23H33N5O2S. The normalized spacial score (nSPS) is 18.7. The molecule has 0 radical (unpaired) electrons. The molecule has 0 N–H and O–H groups in total. The Kier molecular flexibility index (Phi) is 7.50. The van der Waals surface area contributed by atoms with Gasteiger partial charge in [-0.1, -0.05) is 61.4 Å². The topological polar surface area (TPSA) is 63.5 Å². The van der Waals surface area contributed by atoms with Crippen molar-refractivity contribution in [2.24, 2.45) is 0 Å². The van der Waals surface area contributed by atoms with Gasteiger partial charge in [0.25, 0.3) is 0 Å². The van der Waals surface area contributed by atoms with Gasteiger partial charge < -0.3 is 14.5 Å². The van der Waals surface area contributed by atoms with Gasteiger partial charge in [0.1, 0.15) is 0 Å². The SMILES string of the molecule is CC(Sc1nnc(N2CCOCC2)n1Cc1ccccc1)C(=O)N(C)C1CCCCC1. The Hall–Kier alpha value is -2.06. The van der Waals surface area contributed by atoms with Gasteiger partial charge in [-0.25, -0.2) is 0 Å². The summed E-state index contributed by atoms with van der Waals surface area (Å²) < 4.78 is 7.66. The molecule has 1 aliphatic carbocycles. The van der Waals surface area contributed by atoms with E-state index in [1.54, 1.807) is 0 Å². The van der Waals surface area contributed by atoms with Crippen molar-refractivity contribution in [2.75, 3.05) is 38.3 Å². The minimum atomic E-state index is -0.205. The number of hydrogen-bond donors (Lipinski definition) is 0. The number of morpholine rings is 1.